The van der Waals surface area contributed by atoms with Gasteiger partial charge in [-0.25, -0.2) is 4.98 Å². The molecule has 0 aliphatic rings. The molecule has 5 nitrogen and oxygen atoms in total. The van der Waals surface area contributed by atoms with Gasteiger partial charge in [0.2, 0.25) is 5.95 Å². The van der Waals surface area contributed by atoms with Gasteiger partial charge in [-0.2, -0.15) is 4.98 Å². The van der Waals surface area contributed by atoms with E-state index in [1.165, 1.54) is 0 Å². The molecule has 1 rings (SSSR count). The summed E-state index contributed by atoms with van der Waals surface area (Å²) < 4.78 is 5.40. The molecule has 0 saturated carbocycles. The fourth-order valence-corrected chi connectivity index (χ4v) is 1.22. The normalized spacial score (nSPS) is 12.5. The summed E-state index contributed by atoms with van der Waals surface area (Å²) in [5, 5.41) is 3.18. The lowest BCUT2D eigenvalue weighted by molar-refractivity contribution is 0.0855. The zero-order valence-corrected chi connectivity index (χ0v) is 9.45. The summed E-state index contributed by atoms with van der Waals surface area (Å²) in [4.78, 5) is 8.00. The smallest absolute Gasteiger partial charge is 0.221 e. The zero-order chi connectivity index (χ0) is 11.3. The van der Waals surface area contributed by atoms with Crippen molar-refractivity contribution in [2.45, 2.75) is 26.9 Å². The van der Waals surface area contributed by atoms with Crippen molar-refractivity contribution in [1.29, 1.82) is 0 Å². The first kappa shape index (κ1) is 11.7. The molecule has 0 saturated heterocycles. The molecule has 0 aliphatic heterocycles. The van der Waals surface area contributed by atoms with E-state index in [9.17, 15) is 0 Å². The van der Waals surface area contributed by atoms with Gasteiger partial charge in [-0.1, -0.05) is 0 Å². The molecule has 1 heterocycles. The minimum Gasteiger partial charge on any atom is -0.377 e. The number of rotatable bonds is 5. The number of aryl methyl sites for hydroxylation is 1. The highest BCUT2D eigenvalue weighted by molar-refractivity contribution is 5.45. The molecule has 0 spiro atoms. The Morgan fingerprint density at radius 2 is 2.33 bits per heavy atom. The Bertz CT molecular complexity index is 316. The van der Waals surface area contributed by atoms with E-state index in [-0.39, 0.29) is 12.1 Å². The molecule has 15 heavy (non-hydrogen) atoms. The Labute approximate surface area is 90.1 Å². The van der Waals surface area contributed by atoms with Crippen molar-refractivity contribution in [3.63, 3.8) is 0 Å². The minimum atomic E-state index is 0.158. The number of hydrogen-bond acceptors (Lipinski definition) is 5. The molecule has 1 unspecified atom stereocenters. The molecule has 0 fully saturated rings. The maximum atomic E-state index is 5.50. The standard InChI is InChI=1S/C10H18N4O/c1-4-15-8(3)6-12-9-7(2)5-13-10(11)14-9/h5,8H,4,6H2,1-3H3,(H3,11,12,13,14). The summed E-state index contributed by atoms with van der Waals surface area (Å²) in [5.74, 6) is 1.06. The third-order valence-corrected chi connectivity index (χ3v) is 2.00. The number of aromatic nitrogens is 2. The Balaban J connectivity index is 2.53. The van der Waals surface area contributed by atoms with Crippen LogP contribution in [0.3, 0.4) is 0 Å². The van der Waals surface area contributed by atoms with Crippen LogP contribution in [-0.2, 0) is 4.74 Å². The third-order valence-electron chi connectivity index (χ3n) is 2.00. The number of hydrogen-bond donors (Lipinski definition) is 2. The summed E-state index contributed by atoms with van der Waals surface area (Å²) in [6, 6.07) is 0. The average Bonchev–Trinajstić information content (AvgIpc) is 2.20. The van der Waals surface area contributed by atoms with Crippen molar-refractivity contribution >= 4 is 11.8 Å². The van der Waals surface area contributed by atoms with Crippen molar-refractivity contribution in [3.05, 3.63) is 11.8 Å². The number of nitrogens with one attached hydrogen (secondary N) is 1. The van der Waals surface area contributed by atoms with E-state index in [1.54, 1.807) is 6.20 Å². The highest BCUT2D eigenvalue weighted by Gasteiger charge is 2.04. The van der Waals surface area contributed by atoms with E-state index in [0.29, 0.717) is 13.2 Å². The maximum absolute atomic E-state index is 5.50. The predicted molar refractivity (Wildman–Crippen MR) is 60.8 cm³/mol. The van der Waals surface area contributed by atoms with E-state index < -0.39 is 0 Å². The Morgan fingerprint density at radius 1 is 1.60 bits per heavy atom. The SMILES string of the molecule is CCOC(C)CNc1nc(N)ncc1C. The zero-order valence-electron chi connectivity index (χ0n) is 9.45. The second kappa shape index (κ2) is 5.50. The molecule has 1 atom stereocenters. The Hall–Kier alpha value is -1.36. The van der Waals surface area contributed by atoms with Gasteiger partial charge in [-0.05, 0) is 20.8 Å². The van der Waals surface area contributed by atoms with Crippen molar-refractivity contribution < 1.29 is 4.74 Å². The average molecular weight is 210 g/mol. The van der Waals surface area contributed by atoms with E-state index >= 15 is 0 Å². The molecule has 1 aromatic rings. The summed E-state index contributed by atoms with van der Waals surface area (Å²) in [5.41, 5.74) is 6.48. The lowest BCUT2D eigenvalue weighted by Gasteiger charge is -2.14. The van der Waals surface area contributed by atoms with Crippen molar-refractivity contribution in [2.75, 3.05) is 24.2 Å². The quantitative estimate of drug-likeness (QED) is 0.764. The lowest BCUT2D eigenvalue weighted by atomic mass is 10.3. The van der Waals surface area contributed by atoms with Gasteiger partial charge >= 0.3 is 0 Å². The molecule has 3 N–H and O–H groups in total. The van der Waals surface area contributed by atoms with Crippen LogP contribution in [-0.4, -0.2) is 29.2 Å². The molecule has 1 aromatic heterocycles. The molecule has 0 aromatic carbocycles. The topological polar surface area (TPSA) is 73.1 Å². The van der Waals surface area contributed by atoms with Crippen LogP contribution in [0.5, 0.6) is 0 Å². The summed E-state index contributed by atoms with van der Waals surface area (Å²) in [7, 11) is 0. The second-order valence-corrected chi connectivity index (χ2v) is 3.41. The second-order valence-electron chi connectivity index (χ2n) is 3.41. The summed E-state index contributed by atoms with van der Waals surface area (Å²) in [6.07, 6.45) is 1.86. The van der Waals surface area contributed by atoms with E-state index in [2.05, 4.69) is 15.3 Å². The van der Waals surface area contributed by atoms with E-state index in [4.69, 9.17) is 10.5 Å². The fraction of sp³-hybridized carbons (Fsp3) is 0.600. The van der Waals surface area contributed by atoms with Crippen molar-refractivity contribution in [1.82, 2.24) is 9.97 Å². The van der Waals surface area contributed by atoms with Gasteiger partial charge in [0.1, 0.15) is 5.82 Å². The van der Waals surface area contributed by atoms with Crippen LogP contribution in [0.1, 0.15) is 19.4 Å². The summed E-state index contributed by atoms with van der Waals surface area (Å²) in [6.45, 7) is 7.35. The van der Waals surface area contributed by atoms with Crippen LogP contribution in [0.2, 0.25) is 0 Å². The number of nitrogens with zero attached hydrogens (tertiary/aromatic N) is 2. The first-order chi connectivity index (χ1) is 7.13. The predicted octanol–water partition coefficient (Wildman–Crippen LogP) is 1.20. The first-order valence-corrected chi connectivity index (χ1v) is 5.08. The third kappa shape index (κ3) is 3.71. The van der Waals surface area contributed by atoms with Gasteiger partial charge in [0.25, 0.3) is 0 Å². The van der Waals surface area contributed by atoms with Gasteiger partial charge in [-0.3, -0.25) is 0 Å². The van der Waals surface area contributed by atoms with E-state index in [0.717, 1.165) is 11.4 Å². The highest BCUT2D eigenvalue weighted by Crippen LogP contribution is 2.10. The largest absolute Gasteiger partial charge is 0.377 e. The Morgan fingerprint density at radius 3 is 3.00 bits per heavy atom. The van der Waals surface area contributed by atoms with Crippen molar-refractivity contribution in [3.8, 4) is 0 Å². The van der Waals surface area contributed by atoms with Gasteiger partial charge in [-0.15, -0.1) is 0 Å². The van der Waals surface area contributed by atoms with Crippen LogP contribution >= 0.6 is 0 Å². The monoisotopic (exact) mass is 210 g/mol. The number of nitrogens with two attached hydrogens (primary N) is 1. The van der Waals surface area contributed by atoms with Crippen LogP contribution in [0.15, 0.2) is 6.20 Å². The first-order valence-electron chi connectivity index (χ1n) is 5.08. The van der Waals surface area contributed by atoms with Gasteiger partial charge in [0.15, 0.2) is 0 Å². The van der Waals surface area contributed by atoms with Crippen molar-refractivity contribution in [2.24, 2.45) is 0 Å². The number of anilines is 2. The highest BCUT2D eigenvalue weighted by atomic mass is 16.5. The maximum Gasteiger partial charge on any atom is 0.221 e. The molecule has 84 valence electrons. The van der Waals surface area contributed by atoms with Crippen LogP contribution in [0.25, 0.3) is 0 Å². The molecule has 5 heteroatoms. The van der Waals surface area contributed by atoms with Gasteiger partial charge in [0, 0.05) is 24.9 Å². The van der Waals surface area contributed by atoms with E-state index in [1.807, 2.05) is 20.8 Å². The van der Waals surface area contributed by atoms with Gasteiger partial charge < -0.3 is 15.8 Å². The van der Waals surface area contributed by atoms with Crippen LogP contribution in [0, 0.1) is 6.92 Å². The fourth-order valence-electron chi connectivity index (χ4n) is 1.22. The molecule has 0 amide bonds. The Kier molecular flexibility index (Phi) is 4.30. The lowest BCUT2D eigenvalue weighted by Crippen LogP contribution is -2.21. The minimum absolute atomic E-state index is 0.158. The molecular weight excluding hydrogens is 192 g/mol. The number of ether oxygens (including phenoxy) is 1. The summed E-state index contributed by atoms with van der Waals surface area (Å²) >= 11 is 0. The number of nitrogen functional groups attached to an aromatic ring is 1. The molecular formula is C10H18N4O. The van der Waals surface area contributed by atoms with Gasteiger partial charge in [0.05, 0.1) is 6.10 Å². The molecule has 0 aliphatic carbocycles. The molecule has 0 bridgehead atoms. The molecule has 0 radical (unpaired) electrons. The van der Waals surface area contributed by atoms with Crippen LogP contribution < -0.4 is 11.1 Å². The van der Waals surface area contributed by atoms with Crippen LogP contribution in [0.4, 0.5) is 11.8 Å².